The molecule has 4 aromatic rings. The molecule has 24 heavy (non-hydrogen) atoms. The number of pyridine rings is 1. The van der Waals surface area contributed by atoms with Crippen LogP contribution in [0.2, 0.25) is 10.2 Å². The van der Waals surface area contributed by atoms with E-state index in [1.807, 2.05) is 25.1 Å². The van der Waals surface area contributed by atoms with Gasteiger partial charge in [0.15, 0.2) is 5.65 Å². The normalized spacial score (nSPS) is 12.6. The van der Waals surface area contributed by atoms with Crippen LogP contribution in [0.1, 0.15) is 18.7 Å². The van der Waals surface area contributed by atoms with Crippen molar-refractivity contribution < 1.29 is 0 Å². The molecule has 0 aliphatic heterocycles. The standard InChI is InChI=1S/C16H11Cl2N6/c1-8(23-16-13-15(20-6-19-13)21-7-22-16)11-5-9-3-2-4-10(17)12(9)14(18)24-11/h2-8H,1H3,(H-,19,20,21,22,23)/q-1. The van der Waals surface area contributed by atoms with Crippen molar-refractivity contribution in [3.05, 3.63) is 58.1 Å². The smallest absolute Gasteiger partial charge is 0.176 e. The largest absolute Gasteiger partial charge is 0.455 e. The van der Waals surface area contributed by atoms with Crippen molar-refractivity contribution in [2.75, 3.05) is 0 Å². The summed E-state index contributed by atoms with van der Waals surface area (Å²) in [4.78, 5) is 19.8. The molecule has 4 rings (SSSR count). The minimum Gasteiger partial charge on any atom is -0.455 e. The van der Waals surface area contributed by atoms with E-state index in [4.69, 9.17) is 23.2 Å². The lowest BCUT2D eigenvalue weighted by atomic mass is 10.1. The van der Waals surface area contributed by atoms with Crippen LogP contribution in [0.25, 0.3) is 27.3 Å². The van der Waals surface area contributed by atoms with Crippen LogP contribution in [0.5, 0.6) is 0 Å². The van der Waals surface area contributed by atoms with Crippen molar-refractivity contribution in [3.63, 3.8) is 0 Å². The molecule has 0 aliphatic rings. The number of fused-ring (bicyclic) bond motifs is 2. The van der Waals surface area contributed by atoms with Gasteiger partial charge >= 0.3 is 0 Å². The first-order valence-corrected chi connectivity index (χ1v) is 7.98. The van der Waals surface area contributed by atoms with E-state index in [0.29, 0.717) is 27.2 Å². The Morgan fingerprint density at radius 3 is 2.92 bits per heavy atom. The highest BCUT2D eigenvalue weighted by Crippen LogP contribution is 2.36. The maximum Gasteiger partial charge on any atom is 0.176 e. The molecular weight excluding hydrogens is 347 g/mol. The Morgan fingerprint density at radius 2 is 2.04 bits per heavy atom. The van der Waals surface area contributed by atoms with Gasteiger partial charge in [-0.05, 0) is 23.3 Å². The van der Waals surface area contributed by atoms with E-state index in [9.17, 15) is 0 Å². The summed E-state index contributed by atoms with van der Waals surface area (Å²) in [6, 6.07) is 7.31. The van der Waals surface area contributed by atoms with Gasteiger partial charge < -0.3 is 15.3 Å². The number of hydrogen-bond acceptors (Lipinski definition) is 4. The molecule has 1 unspecified atom stereocenters. The van der Waals surface area contributed by atoms with Gasteiger partial charge in [0.05, 0.1) is 16.9 Å². The minimum absolute atomic E-state index is 0.243. The highest BCUT2D eigenvalue weighted by Gasteiger charge is 2.11. The number of halogens is 2. The van der Waals surface area contributed by atoms with Gasteiger partial charge in [0.1, 0.15) is 5.15 Å². The lowest BCUT2D eigenvalue weighted by Crippen LogP contribution is -1.97. The van der Waals surface area contributed by atoms with E-state index < -0.39 is 0 Å². The van der Waals surface area contributed by atoms with Crippen molar-refractivity contribution in [1.82, 2.24) is 24.9 Å². The van der Waals surface area contributed by atoms with Gasteiger partial charge in [-0.2, -0.15) is 0 Å². The molecule has 0 amide bonds. The van der Waals surface area contributed by atoms with E-state index in [1.165, 1.54) is 6.33 Å². The summed E-state index contributed by atoms with van der Waals surface area (Å²) in [5.74, 6) is 0.536. The summed E-state index contributed by atoms with van der Waals surface area (Å²) in [6.45, 7) is 1.93. The second-order valence-corrected chi connectivity index (χ2v) is 6.04. The zero-order valence-electron chi connectivity index (χ0n) is 12.5. The Bertz CT molecular complexity index is 1050. The van der Waals surface area contributed by atoms with Gasteiger partial charge in [-0.1, -0.05) is 42.3 Å². The molecule has 0 bridgehead atoms. The summed E-state index contributed by atoms with van der Waals surface area (Å²) < 4.78 is 0. The lowest BCUT2D eigenvalue weighted by Gasteiger charge is -2.22. The molecule has 0 saturated heterocycles. The monoisotopic (exact) mass is 357 g/mol. The molecule has 6 nitrogen and oxygen atoms in total. The molecule has 3 aromatic heterocycles. The van der Waals surface area contributed by atoms with E-state index in [0.717, 1.165) is 16.5 Å². The third-order valence-corrected chi connectivity index (χ3v) is 4.32. The van der Waals surface area contributed by atoms with Crippen LogP contribution < -0.4 is 0 Å². The van der Waals surface area contributed by atoms with Crippen LogP contribution in [0, 0.1) is 0 Å². The van der Waals surface area contributed by atoms with Crippen LogP contribution >= 0.6 is 23.2 Å². The van der Waals surface area contributed by atoms with Crippen LogP contribution in [0.3, 0.4) is 0 Å². The number of aromatic nitrogens is 5. The molecule has 0 saturated carbocycles. The van der Waals surface area contributed by atoms with Gasteiger partial charge in [-0.3, -0.25) is 0 Å². The Hall–Kier alpha value is -2.44. The Balaban J connectivity index is 1.73. The van der Waals surface area contributed by atoms with Crippen molar-refractivity contribution in [2.24, 2.45) is 0 Å². The molecule has 0 spiro atoms. The molecular formula is C16H11Cl2N6-. The van der Waals surface area contributed by atoms with Crippen LogP contribution in [0.4, 0.5) is 5.82 Å². The Labute approximate surface area is 147 Å². The average molecular weight is 358 g/mol. The van der Waals surface area contributed by atoms with E-state index in [1.54, 1.807) is 12.4 Å². The van der Waals surface area contributed by atoms with Gasteiger partial charge in [-0.15, -0.1) is 0 Å². The quantitative estimate of drug-likeness (QED) is 0.524. The fourth-order valence-electron chi connectivity index (χ4n) is 2.55. The number of H-pyrrole nitrogens is 1. The molecule has 120 valence electrons. The SMILES string of the molecule is CC([N-]c1ncnc2nc[nH]c12)c1cc2cccc(Cl)c2c(Cl)n1. The van der Waals surface area contributed by atoms with Gasteiger partial charge in [0.2, 0.25) is 0 Å². The second-order valence-electron chi connectivity index (χ2n) is 5.28. The van der Waals surface area contributed by atoms with Crippen molar-refractivity contribution >= 4 is 51.0 Å². The van der Waals surface area contributed by atoms with Gasteiger partial charge in [-0.25, -0.2) is 15.0 Å². The predicted molar refractivity (Wildman–Crippen MR) is 94.9 cm³/mol. The molecule has 0 fully saturated rings. The highest BCUT2D eigenvalue weighted by atomic mass is 35.5. The Morgan fingerprint density at radius 1 is 1.17 bits per heavy atom. The number of imidazole rings is 1. The molecule has 3 heterocycles. The first kappa shape index (κ1) is 15.1. The summed E-state index contributed by atoms with van der Waals surface area (Å²) in [5.41, 5.74) is 2.01. The number of nitrogens with zero attached hydrogens (tertiary/aromatic N) is 5. The number of nitrogens with one attached hydrogen (secondary N) is 1. The summed E-state index contributed by atoms with van der Waals surface area (Å²) in [5, 5.41) is 7.24. The lowest BCUT2D eigenvalue weighted by molar-refractivity contribution is 0.878. The number of aromatic amines is 1. The summed E-state index contributed by atoms with van der Waals surface area (Å²) >= 11 is 12.5. The molecule has 0 radical (unpaired) electrons. The van der Waals surface area contributed by atoms with Crippen LogP contribution in [-0.2, 0) is 0 Å². The molecule has 8 heteroatoms. The summed E-state index contributed by atoms with van der Waals surface area (Å²) in [6.07, 6.45) is 3.01. The van der Waals surface area contributed by atoms with Crippen LogP contribution in [0.15, 0.2) is 36.9 Å². The fraction of sp³-hybridized carbons (Fsp3) is 0.125. The van der Waals surface area contributed by atoms with Crippen molar-refractivity contribution in [2.45, 2.75) is 13.0 Å². The number of rotatable bonds is 3. The average Bonchev–Trinajstić information content (AvgIpc) is 3.04. The topological polar surface area (TPSA) is 81.5 Å². The third kappa shape index (κ3) is 2.53. The van der Waals surface area contributed by atoms with Gasteiger partial charge in [0, 0.05) is 23.4 Å². The zero-order valence-corrected chi connectivity index (χ0v) is 14.0. The molecule has 1 aromatic carbocycles. The van der Waals surface area contributed by atoms with Crippen LogP contribution in [-0.4, -0.2) is 24.9 Å². The van der Waals surface area contributed by atoms with Crippen molar-refractivity contribution in [1.29, 1.82) is 0 Å². The summed E-state index contributed by atoms with van der Waals surface area (Å²) in [7, 11) is 0. The number of hydrogen-bond donors (Lipinski definition) is 1. The maximum atomic E-state index is 6.31. The predicted octanol–water partition coefficient (Wildman–Crippen LogP) is 4.97. The zero-order chi connectivity index (χ0) is 16.7. The number of benzene rings is 1. The first-order valence-electron chi connectivity index (χ1n) is 7.23. The minimum atomic E-state index is -0.243. The van der Waals surface area contributed by atoms with Crippen molar-refractivity contribution in [3.8, 4) is 0 Å². The third-order valence-electron chi connectivity index (χ3n) is 3.73. The fourth-order valence-corrected chi connectivity index (χ4v) is 3.18. The van der Waals surface area contributed by atoms with E-state index in [2.05, 4.69) is 30.2 Å². The first-order chi connectivity index (χ1) is 11.6. The molecule has 1 atom stereocenters. The van der Waals surface area contributed by atoms with E-state index >= 15 is 0 Å². The maximum absolute atomic E-state index is 6.31. The Kier molecular flexibility index (Phi) is 3.70. The molecule has 0 aliphatic carbocycles. The second kappa shape index (κ2) is 5.89. The molecule has 1 N–H and O–H groups in total. The highest BCUT2D eigenvalue weighted by molar-refractivity contribution is 6.41. The van der Waals surface area contributed by atoms with Gasteiger partial charge in [0.25, 0.3) is 0 Å². The van der Waals surface area contributed by atoms with E-state index in [-0.39, 0.29) is 6.04 Å².